The molecule has 0 bridgehead atoms. The van der Waals surface area contributed by atoms with Crippen LogP contribution in [0.3, 0.4) is 0 Å². The van der Waals surface area contributed by atoms with E-state index in [1.807, 2.05) is 6.07 Å². The Hall–Kier alpha value is -2.75. The van der Waals surface area contributed by atoms with Crippen LogP contribution in [0.4, 0.5) is 0 Å². The Kier molecular flexibility index (Phi) is 5.64. The molecule has 0 spiro atoms. The maximum absolute atomic E-state index is 12.0. The van der Waals surface area contributed by atoms with Gasteiger partial charge >= 0.3 is 5.97 Å². The Bertz CT molecular complexity index is 677. The predicted molar refractivity (Wildman–Crippen MR) is 83.2 cm³/mol. The van der Waals surface area contributed by atoms with E-state index in [1.54, 1.807) is 31.2 Å². The Morgan fingerprint density at radius 2 is 2.08 bits per heavy atom. The molecule has 0 unspecified atom stereocenters. The lowest BCUT2D eigenvalue weighted by atomic mass is 9.88. The zero-order valence-corrected chi connectivity index (χ0v) is 13.3. The van der Waals surface area contributed by atoms with E-state index in [2.05, 4.69) is 0 Å². The van der Waals surface area contributed by atoms with Crippen LogP contribution < -0.4 is 0 Å². The molecule has 0 saturated heterocycles. The topological polar surface area (TPSA) is 110 Å². The van der Waals surface area contributed by atoms with E-state index in [9.17, 15) is 19.7 Å². The van der Waals surface area contributed by atoms with Gasteiger partial charge in [-0.1, -0.05) is 19.1 Å². The van der Waals surface area contributed by atoms with Gasteiger partial charge in [0.2, 0.25) is 6.54 Å². The van der Waals surface area contributed by atoms with Gasteiger partial charge in [0.25, 0.3) is 0 Å². The minimum absolute atomic E-state index is 0.0426. The summed E-state index contributed by atoms with van der Waals surface area (Å²) in [6.07, 6.45) is 0.143. The van der Waals surface area contributed by atoms with Crippen molar-refractivity contribution in [2.45, 2.75) is 26.4 Å². The smallest absolute Gasteiger partial charge is 0.306 e. The van der Waals surface area contributed by atoms with E-state index in [1.165, 1.54) is 0 Å². The summed E-state index contributed by atoms with van der Waals surface area (Å²) in [5.41, 5.74) is 1.24. The molecule has 0 radical (unpaired) electrons. The fourth-order valence-corrected chi connectivity index (χ4v) is 3.08. The zero-order chi connectivity index (χ0) is 17.7. The summed E-state index contributed by atoms with van der Waals surface area (Å²) in [4.78, 5) is 34.3. The number of Topliss-reactive ketones (excluding diaryl/α,β-unsaturated/α-hetero) is 1. The molecule has 1 aliphatic carbocycles. The van der Waals surface area contributed by atoms with Gasteiger partial charge in [-0.25, -0.2) is 0 Å². The average molecular weight is 330 g/mol. The van der Waals surface area contributed by atoms with Crippen LogP contribution in [0.1, 0.15) is 30.9 Å². The van der Waals surface area contributed by atoms with Crippen LogP contribution in [-0.4, -0.2) is 23.2 Å². The van der Waals surface area contributed by atoms with E-state index in [4.69, 9.17) is 10.00 Å². The molecular weight excluding hydrogens is 312 g/mol. The van der Waals surface area contributed by atoms with E-state index in [-0.39, 0.29) is 37.7 Å². The quantitative estimate of drug-likeness (QED) is 0.449. The van der Waals surface area contributed by atoms with Crippen molar-refractivity contribution in [3.8, 4) is 6.07 Å². The third-order valence-electron chi connectivity index (χ3n) is 4.41. The first-order valence-corrected chi connectivity index (χ1v) is 7.70. The van der Waals surface area contributed by atoms with Gasteiger partial charge in [0.1, 0.15) is 12.4 Å². The number of hydrogen-bond donors (Lipinski definition) is 0. The van der Waals surface area contributed by atoms with Crippen molar-refractivity contribution >= 4 is 11.8 Å². The molecule has 0 heterocycles. The number of rotatable bonds is 6. The molecule has 1 aromatic carbocycles. The third-order valence-corrected chi connectivity index (χ3v) is 4.41. The molecule has 24 heavy (non-hydrogen) atoms. The van der Waals surface area contributed by atoms with Crippen LogP contribution in [0.25, 0.3) is 0 Å². The fraction of sp³-hybridized carbons (Fsp3) is 0.471. The largest absolute Gasteiger partial charge is 0.461 e. The number of nitriles is 1. The SMILES string of the molecule is C[C@H]1CC(=O)[C@H](CC(=O)OCc2ccc(C#N)cc2)[C@@H]1C[N+](=O)[O-]. The van der Waals surface area contributed by atoms with Gasteiger partial charge in [0.05, 0.1) is 18.1 Å². The molecule has 1 saturated carbocycles. The highest BCUT2D eigenvalue weighted by molar-refractivity contribution is 5.87. The summed E-state index contributed by atoms with van der Waals surface area (Å²) < 4.78 is 5.16. The molecule has 0 amide bonds. The summed E-state index contributed by atoms with van der Waals surface area (Å²) in [6.45, 7) is 1.54. The number of carbonyl (C=O) groups excluding carboxylic acids is 2. The highest BCUT2D eigenvalue weighted by atomic mass is 16.6. The summed E-state index contributed by atoms with van der Waals surface area (Å²) in [5, 5.41) is 19.5. The highest BCUT2D eigenvalue weighted by Crippen LogP contribution is 2.36. The molecule has 0 aliphatic heterocycles. The van der Waals surface area contributed by atoms with Crippen molar-refractivity contribution in [3.63, 3.8) is 0 Å². The van der Waals surface area contributed by atoms with Crippen molar-refractivity contribution in [1.29, 1.82) is 5.26 Å². The number of ketones is 1. The molecule has 3 atom stereocenters. The Morgan fingerprint density at radius 1 is 1.42 bits per heavy atom. The van der Waals surface area contributed by atoms with Crippen LogP contribution in [-0.2, 0) is 20.9 Å². The van der Waals surface area contributed by atoms with Crippen LogP contribution >= 0.6 is 0 Å². The number of carbonyl (C=O) groups is 2. The molecule has 126 valence electrons. The van der Waals surface area contributed by atoms with Gasteiger partial charge in [-0.05, 0) is 23.6 Å². The lowest BCUT2D eigenvalue weighted by molar-refractivity contribution is -0.490. The standard InChI is InChI=1S/C17H18N2O5/c1-11-6-16(20)14(15(11)9-19(22)23)7-17(21)24-10-13-4-2-12(8-18)3-5-13/h2-5,11,14-15H,6-7,9-10H2,1H3/t11-,14+,15+/m0/s1. The number of benzene rings is 1. The Balaban J connectivity index is 1.91. The first-order valence-electron chi connectivity index (χ1n) is 7.70. The minimum atomic E-state index is -0.640. The monoisotopic (exact) mass is 330 g/mol. The second-order valence-corrected chi connectivity index (χ2v) is 6.11. The van der Waals surface area contributed by atoms with Crippen molar-refractivity contribution in [1.82, 2.24) is 0 Å². The third kappa shape index (κ3) is 4.38. The minimum Gasteiger partial charge on any atom is -0.461 e. The van der Waals surface area contributed by atoms with Crippen LogP contribution in [0.15, 0.2) is 24.3 Å². The summed E-state index contributed by atoms with van der Waals surface area (Å²) in [7, 11) is 0. The summed E-state index contributed by atoms with van der Waals surface area (Å²) in [6, 6.07) is 8.61. The number of hydrogen-bond acceptors (Lipinski definition) is 6. The van der Waals surface area contributed by atoms with E-state index < -0.39 is 22.7 Å². The van der Waals surface area contributed by atoms with E-state index in [0.717, 1.165) is 5.56 Å². The maximum atomic E-state index is 12.0. The second kappa shape index (κ2) is 7.68. The van der Waals surface area contributed by atoms with Gasteiger partial charge in [-0.15, -0.1) is 0 Å². The maximum Gasteiger partial charge on any atom is 0.306 e. The number of ether oxygens (including phenoxy) is 1. The predicted octanol–water partition coefficient (Wildman–Crippen LogP) is 2.11. The van der Waals surface area contributed by atoms with Crippen LogP contribution in [0.5, 0.6) is 0 Å². The molecule has 7 nitrogen and oxygen atoms in total. The molecule has 1 fully saturated rings. The summed E-state index contributed by atoms with van der Waals surface area (Å²) >= 11 is 0. The first kappa shape index (κ1) is 17.6. The lowest BCUT2D eigenvalue weighted by Gasteiger charge is -2.17. The molecular formula is C17H18N2O5. The molecule has 1 aromatic rings. The Labute approximate surface area is 139 Å². The van der Waals surface area contributed by atoms with Crippen molar-refractivity contribution < 1.29 is 19.2 Å². The lowest BCUT2D eigenvalue weighted by Crippen LogP contribution is -2.27. The van der Waals surface area contributed by atoms with Gasteiger partial charge in [-0.2, -0.15) is 5.26 Å². The van der Waals surface area contributed by atoms with Gasteiger partial charge in [0.15, 0.2) is 0 Å². The van der Waals surface area contributed by atoms with Gasteiger partial charge in [0, 0.05) is 23.2 Å². The molecule has 1 aliphatic rings. The zero-order valence-electron chi connectivity index (χ0n) is 13.3. The van der Waals surface area contributed by atoms with E-state index in [0.29, 0.717) is 5.56 Å². The number of esters is 1. The highest BCUT2D eigenvalue weighted by Gasteiger charge is 2.43. The van der Waals surface area contributed by atoms with Gasteiger partial charge < -0.3 is 4.74 Å². The number of nitro groups is 1. The average Bonchev–Trinajstić information content (AvgIpc) is 2.80. The fourth-order valence-electron chi connectivity index (χ4n) is 3.08. The van der Waals surface area contributed by atoms with Crippen molar-refractivity contribution in [2.24, 2.45) is 17.8 Å². The summed E-state index contributed by atoms with van der Waals surface area (Å²) in [5.74, 6) is -1.81. The van der Waals surface area contributed by atoms with Crippen LogP contribution in [0.2, 0.25) is 0 Å². The first-order chi connectivity index (χ1) is 11.4. The molecule has 0 aromatic heterocycles. The Morgan fingerprint density at radius 3 is 2.67 bits per heavy atom. The number of nitrogens with zero attached hydrogens (tertiary/aromatic N) is 2. The normalized spacial score (nSPS) is 22.8. The van der Waals surface area contributed by atoms with Crippen LogP contribution in [0, 0.1) is 39.2 Å². The van der Waals surface area contributed by atoms with Crippen molar-refractivity contribution in [2.75, 3.05) is 6.54 Å². The molecule has 7 heteroatoms. The second-order valence-electron chi connectivity index (χ2n) is 6.11. The van der Waals surface area contributed by atoms with E-state index >= 15 is 0 Å². The molecule has 0 N–H and O–H groups in total. The van der Waals surface area contributed by atoms with Gasteiger partial charge in [-0.3, -0.25) is 19.7 Å². The molecule has 2 rings (SSSR count). The van der Waals surface area contributed by atoms with Crippen molar-refractivity contribution in [3.05, 3.63) is 45.5 Å².